The highest BCUT2D eigenvalue weighted by Gasteiger charge is 2.48. The van der Waals surface area contributed by atoms with Crippen LogP contribution in [-0.4, -0.2) is 55.0 Å². The molecule has 2 amide bonds. The summed E-state index contributed by atoms with van der Waals surface area (Å²) in [6.07, 6.45) is 2.70. The molecule has 1 fully saturated rings. The second-order valence-corrected chi connectivity index (χ2v) is 6.37. The van der Waals surface area contributed by atoms with Gasteiger partial charge in [-0.25, -0.2) is 0 Å². The van der Waals surface area contributed by atoms with Gasteiger partial charge in [0.25, 0.3) is 5.91 Å². The van der Waals surface area contributed by atoms with Crippen molar-refractivity contribution in [3.05, 3.63) is 54.5 Å². The Hall–Kier alpha value is -3.29. The SMILES string of the molecule is COC(=O)CN1C(=O)[C@@H](NC(=O)COc2ccccc2)[C@H]1CCc1ccco1. The number of para-hydroxylation sites is 1. The van der Waals surface area contributed by atoms with Crippen LogP contribution < -0.4 is 10.1 Å². The van der Waals surface area contributed by atoms with E-state index in [2.05, 4.69) is 10.1 Å². The Bertz CT molecular complexity index is 805. The van der Waals surface area contributed by atoms with E-state index in [1.165, 1.54) is 12.0 Å². The van der Waals surface area contributed by atoms with E-state index in [1.54, 1.807) is 36.6 Å². The number of aryl methyl sites for hydroxylation is 1. The van der Waals surface area contributed by atoms with E-state index in [9.17, 15) is 14.4 Å². The summed E-state index contributed by atoms with van der Waals surface area (Å²) >= 11 is 0. The van der Waals surface area contributed by atoms with Crippen molar-refractivity contribution in [3.63, 3.8) is 0 Å². The second kappa shape index (κ2) is 9.07. The maximum atomic E-state index is 12.4. The number of hydrogen-bond acceptors (Lipinski definition) is 6. The summed E-state index contributed by atoms with van der Waals surface area (Å²) in [4.78, 5) is 37.6. The number of carbonyl (C=O) groups is 3. The minimum atomic E-state index is -0.702. The van der Waals surface area contributed by atoms with Gasteiger partial charge in [0.05, 0.1) is 19.4 Å². The van der Waals surface area contributed by atoms with Gasteiger partial charge in [-0.15, -0.1) is 0 Å². The van der Waals surface area contributed by atoms with E-state index in [-0.39, 0.29) is 25.1 Å². The highest BCUT2D eigenvalue weighted by molar-refractivity contribution is 5.95. The zero-order chi connectivity index (χ0) is 19.9. The molecular weight excluding hydrogens is 364 g/mol. The normalized spacial score (nSPS) is 18.3. The van der Waals surface area contributed by atoms with Crippen molar-refractivity contribution in [1.29, 1.82) is 0 Å². The number of ether oxygens (including phenoxy) is 2. The summed E-state index contributed by atoms with van der Waals surface area (Å²) in [6, 6.07) is 11.5. The number of carbonyl (C=O) groups excluding carboxylic acids is 3. The molecule has 1 aliphatic heterocycles. The van der Waals surface area contributed by atoms with Gasteiger partial charge in [0, 0.05) is 6.42 Å². The van der Waals surface area contributed by atoms with Crippen molar-refractivity contribution in [2.24, 2.45) is 0 Å². The molecule has 0 saturated carbocycles. The molecule has 1 N–H and O–H groups in total. The molecule has 0 unspecified atom stereocenters. The first-order chi connectivity index (χ1) is 13.6. The lowest BCUT2D eigenvalue weighted by Gasteiger charge is -2.46. The Labute approximate surface area is 162 Å². The number of β-lactam (4-membered cyclic amide) rings is 1. The van der Waals surface area contributed by atoms with Crippen molar-refractivity contribution >= 4 is 17.8 Å². The van der Waals surface area contributed by atoms with Gasteiger partial charge in [-0.05, 0) is 30.7 Å². The Morgan fingerprint density at radius 1 is 1.18 bits per heavy atom. The topological polar surface area (TPSA) is 98.1 Å². The molecule has 2 heterocycles. The molecule has 28 heavy (non-hydrogen) atoms. The average Bonchev–Trinajstić information content (AvgIpc) is 3.24. The predicted octanol–water partition coefficient (Wildman–Crippen LogP) is 1.16. The minimum Gasteiger partial charge on any atom is -0.484 e. The number of rotatable bonds is 9. The maximum Gasteiger partial charge on any atom is 0.325 e. The molecule has 2 atom stereocenters. The standard InChI is InChI=1S/C20H22N2O6/c1-26-18(24)12-22-16(10-9-15-8-5-11-27-15)19(20(22)25)21-17(23)13-28-14-6-3-2-4-7-14/h2-8,11,16,19H,9-10,12-13H2,1H3,(H,21,23)/t16-,19+/m1/s1. The van der Waals surface area contributed by atoms with Gasteiger partial charge in [0.15, 0.2) is 6.61 Å². The fourth-order valence-corrected chi connectivity index (χ4v) is 3.11. The van der Waals surface area contributed by atoms with Crippen LogP contribution in [0.25, 0.3) is 0 Å². The fraction of sp³-hybridized carbons (Fsp3) is 0.350. The van der Waals surface area contributed by atoms with Crippen molar-refractivity contribution in [3.8, 4) is 5.75 Å². The van der Waals surface area contributed by atoms with Crippen LogP contribution >= 0.6 is 0 Å². The number of esters is 1. The van der Waals surface area contributed by atoms with Gasteiger partial charge in [0.2, 0.25) is 5.91 Å². The Balaban J connectivity index is 1.57. The van der Waals surface area contributed by atoms with Gasteiger partial charge in [0.1, 0.15) is 24.1 Å². The molecule has 0 aliphatic carbocycles. The lowest BCUT2D eigenvalue weighted by Crippen LogP contribution is -2.71. The van der Waals surface area contributed by atoms with Gasteiger partial charge in [-0.3, -0.25) is 14.4 Å². The zero-order valence-electron chi connectivity index (χ0n) is 15.5. The van der Waals surface area contributed by atoms with Crippen LogP contribution in [0.3, 0.4) is 0 Å². The molecule has 1 aromatic heterocycles. The van der Waals surface area contributed by atoms with Crippen molar-refractivity contribution in [2.45, 2.75) is 24.9 Å². The van der Waals surface area contributed by atoms with Crippen molar-refractivity contribution in [2.75, 3.05) is 20.3 Å². The third-order valence-corrected chi connectivity index (χ3v) is 4.56. The molecule has 0 bridgehead atoms. The number of likely N-dealkylation sites (tertiary alicyclic amines) is 1. The van der Waals surface area contributed by atoms with Crippen LogP contribution in [-0.2, 0) is 25.5 Å². The quantitative estimate of drug-likeness (QED) is 0.513. The monoisotopic (exact) mass is 386 g/mol. The first-order valence-corrected chi connectivity index (χ1v) is 8.95. The number of nitrogens with one attached hydrogen (secondary N) is 1. The number of furan rings is 1. The maximum absolute atomic E-state index is 12.4. The molecule has 1 aromatic carbocycles. The van der Waals surface area contributed by atoms with E-state index < -0.39 is 17.9 Å². The molecule has 2 aromatic rings. The van der Waals surface area contributed by atoms with E-state index in [0.717, 1.165) is 5.76 Å². The summed E-state index contributed by atoms with van der Waals surface area (Å²) in [5.41, 5.74) is 0. The first kappa shape index (κ1) is 19.5. The summed E-state index contributed by atoms with van der Waals surface area (Å²) in [5.74, 6) is 0.119. The van der Waals surface area contributed by atoms with Crippen LogP contribution in [0.4, 0.5) is 0 Å². The molecule has 1 saturated heterocycles. The second-order valence-electron chi connectivity index (χ2n) is 6.37. The molecule has 0 radical (unpaired) electrons. The molecule has 148 valence electrons. The van der Waals surface area contributed by atoms with Crippen LogP contribution in [0.2, 0.25) is 0 Å². The molecule has 8 heteroatoms. The Kier molecular flexibility index (Phi) is 6.31. The predicted molar refractivity (Wildman–Crippen MR) is 98.4 cm³/mol. The third-order valence-electron chi connectivity index (χ3n) is 4.56. The average molecular weight is 386 g/mol. The van der Waals surface area contributed by atoms with Crippen LogP contribution in [0.1, 0.15) is 12.2 Å². The van der Waals surface area contributed by atoms with Gasteiger partial charge >= 0.3 is 5.97 Å². The summed E-state index contributed by atoms with van der Waals surface area (Å²) in [5, 5.41) is 2.70. The molecule has 0 spiro atoms. The number of benzene rings is 1. The summed E-state index contributed by atoms with van der Waals surface area (Å²) in [7, 11) is 1.27. The minimum absolute atomic E-state index is 0.148. The van der Waals surface area contributed by atoms with Crippen LogP contribution in [0, 0.1) is 0 Å². The highest BCUT2D eigenvalue weighted by Crippen LogP contribution is 2.25. The van der Waals surface area contributed by atoms with Crippen molar-refractivity contribution in [1.82, 2.24) is 10.2 Å². The Morgan fingerprint density at radius 3 is 2.64 bits per heavy atom. The van der Waals surface area contributed by atoms with Gasteiger partial charge in [-0.2, -0.15) is 0 Å². The zero-order valence-corrected chi connectivity index (χ0v) is 15.5. The highest BCUT2D eigenvalue weighted by atomic mass is 16.5. The lowest BCUT2D eigenvalue weighted by molar-refractivity contribution is -0.161. The Morgan fingerprint density at radius 2 is 1.96 bits per heavy atom. The van der Waals surface area contributed by atoms with Crippen molar-refractivity contribution < 1.29 is 28.3 Å². The number of hydrogen-bond donors (Lipinski definition) is 1. The number of amides is 2. The van der Waals surface area contributed by atoms with Crippen LogP contribution in [0.15, 0.2) is 53.1 Å². The van der Waals surface area contributed by atoms with Gasteiger partial charge in [-0.1, -0.05) is 18.2 Å². The van der Waals surface area contributed by atoms with E-state index in [1.807, 2.05) is 12.1 Å². The summed E-state index contributed by atoms with van der Waals surface area (Å²) < 4.78 is 15.4. The van der Waals surface area contributed by atoms with Crippen LogP contribution in [0.5, 0.6) is 5.75 Å². The molecular formula is C20H22N2O6. The van der Waals surface area contributed by atoms with E-state index in [4.69, 9.17) is 9.15 Å². The van der Waals surface area contributed by atoms with E-state index in [0.29, 0.717) is 18.6 Å². The number of nitrogens with zero attached hydrogens (tertiary/aromatic N) is 1. The van der Waals surface area contributed by atoms with E-state index >= 15 is 0 Å². The fourth-order valence-electron chi connectivity index (χ4n) is 3.11. The largest absolute Gasteiger partial charge is 0.484 e. The molecule has 8 nitrogen and oxygen atoms in total. The first-order valence-electron chi connectivity index (χ1n) is 8.95. The smallest absolute Gasteiger partial charge is 0.325 e. The summed E-state index contributed by atoms with van der Waals surface area (Å²) in [6.45, 7) is -0.346. The molecule has 3 rings (SSSR count). The van der Waals surface area contributed by atoms with Gasteiger partial charge < -0.3 is 24.1 Å². The number of methoxy groups -OCH3 is 1. The molecule has 1 aliphatic rings. The third kappa shape index (κ3) is 4.70. The lowest BCUT2D eigenvalue weighted by atomic mass is 9.90.